The zero-order valence-corrected chi connectivity index (χ0v) is 20.2. The Morgan fingerprint density at radius 2 is 1.69 bits per heavy atom. The van der Waals surface area contributed by atoms with Crippen molar-refractivity contribution in [2.75, 3.05) is 19.0 Å². The number of esters is 1. The van der Waals surface area contributed by atoms with Crippen molar-refractivity contribution in [2.45, 2.75) is 19.3 Å². The lowest BCUT2D eigenvalue weighted by Crippen LogP contribution is -2.24. The highest BCUT2D eigenvalue weighted by Gasteiger charge is 2.35. The van der Waals surface area contributed by atoms with E-state index in [0.717, 1.165) is 39.0 Å². The van der Waals surface area contributed by atoms with Gasteiger partial charge in [-0.2, -0.15) is 0 Å². The quantitative estimate of drug-likeness (QED) is 0.186. The third kappa shape index (κ3) is 3.53. The Labute approximate surface area is 207 Å². The molecular weight excluding hydrogens is 452 g/mol. The van der Waals surface area contributed by atoms with E-state index in [4.69, 9.17) is 14.1 Å². The highest BCUT2D eigenvalue weighted by molar-refractivity contribution is 6.02. The third-order valence-corrected chi connectivity index (χ3v) is 6.78. The van der Waals surface area contributed by atoms with Gasteiger partial charge in [0.25, 0.3) is 0 Å². The lowest BCUT2D eigenvalue weighted by atomic mass is 9.82. The number of carbonyl (C=O) groups excluding carboxylic acids is 1. The zero-order valence-electron chi connectivity index (χ0n) is 20.2. The number of aryl methyl sites for hydroxylation is 1. The number of carbonyl (C=O) groups is 1. The number of ether oxygens (including phenoxy) is 1. The minimum absolute atomic E-state index is 0.192. The number of benzene rings is 3. The molecule has 3 aromatic carbocycles. The van der Waals surface area contributed by atoms with Gasteiger partial charge in [-0.25, -0.2) is 9.78 Å². The smallest absolute Gasteiger partial charge is 0.336 e. The van der Waals surface area contributed by atoms with Crippen LogP contribution in [-0.2, 0) is 4.79 Å². The number of hydrogen-bond acceptors (Lipinski definition) is 6. The van der Waals surface area contributed by atoms with Crippen molar-refractivity contribution in [3.63, 3.8) is 0 Å². The first-order chi connectivity index (χ1) is 17.4. The van der Waals surface area contributed by atoms with Crippen LogP contribution < -0.4 is 15.3 Å². The molecule has 178 valence electrons. The van der Waals surface area contributed by atoms with E-state index < -0.39 is 5.63 Å². The molecule has 0 bridgehead atoms. The fourth-order valence-electron chi connectivity index (χ4n) is 5.25. The molecule has 6 nitrogen and oxygen atoms in total. The topological polar surface area (TPSA) is 72.6 Å². The molecule has 3 heterocycles. The minimum atomic E-state index is -0.451. The molecule has 0 saturated heterocycles. The second kappa shape index (κ2) is 8.34. The van der Waals surface area contributed by atoms with Crippen LogP contribution >= 0.6 is 0 Å². The maximum absolute atomic E-state index is 13.1. The number of rotatable bonds is 3. The van der Waals surface area contributed by atoms with Crippen LogP contribution in [-0.4, -0.2) is 25.0 Å². The van der Waals surface area contributed by atoms with Gasteiger partial charge in [0.15, 0.2) is 0 Å². The van der Waals surface area contributed by atoms with Crippen molar-refractivity contribution in [1.82, 2.24) is 4.98 Å². The standard InChI is InChI=1S/C30H24N2O4/c1-17-13-24-28(20(15-25(33)35-24)18-9-5-4-6-10-18)29-27(17)21(16-26(34)36-29)22-14-19-11-7-8-12-23(19)31-30(22)32(2)3/h4-15,21H,16H2,1-3H3. The van der Waals surface area contributed by atoms with Gasteiger partial charge in [-0.1, -0.05) is 48.5 Å². The average molecular weight is 477 g/mol. The fraction of sp³-hybridized carbons (Fsp3) is 0.167. The fourth-order valence-corrected chi connectivity index (χ4v) is 5.25. The van der Waals surface area contributed by atoms with Crippen LogP contribution in [0.4, 0.5) is 5.82 Å². The molecule has 0 aliphatic carbocycles. The van der Waals surface area contributed by atoms with E-state index >= 15 is 0 Å². The summed E-state index contributed by atoms with van der Waals surface area (Å²) in [6.45, 7) is 1.96. The Kier molecular flexibility index (Phi) is 5.11. The van der Waals surface area contributed by atoms with Gasteiger partial charge in [0, 0.05) is 48.2 Å². The van der Waals surface area contributed by atoms with Crippen LogP contribution in [0.3, 0.4) is 0 Å². The predicted molar refractivity (Wildman–Crippen MR) is 141 cm³/mol. The largest absolute Gasteiger partial charge is 0.425 e. The van der Waals surface area contributed by atoms with Crippen LogP contribution in [0.5, 0.6) is 5.75 Å². The number of nitrogens with zero attached hydrogens (tertiary/aromatic N) is 2. The number of anilines is 1. The minimum Gasteiger partial charge on any atom is -0.425 e. The first kappa shape index (κ1) is 22.0. The summed E-state index contributed by atoms with van der Waals surface area (Å²) in [6.07, 6.45) is 0.192. The first-order valence-electron chi connectivity index (χ1n) is 11.8. The molecule has 0 amide bonds. The van der Waals surface area contributed by atoms with Gasteiger partial charge < -0.3 is 14.1 Å². The van der Waals surface area contributed by atoms with E-state index in [-0.39, 0.29) is 18.3 Å². The van der Waals surface area contributed by atoms with E-state index in [1.165, 1.54) is 6.07 Å². The molecule has 0 N–H and O–H groups in total. The summed E-state index contributed by atoms with van der Waals surface area (Å²) in [4.78, 5) is 32.4. The Bertz CT molecular complexity index is 1720. The normalized spacial score (nSPS) is 15.1. The second-order valence-corrected chi connectivity index (χ2v) is 9.37. The van der Waals surface area contributed by atoms with Crippen molar-refractivity contribution >= 4 is 33.7 Å². The van der Waals surface area contributed by atoms with Crippen LogP contribution in [0.1, 0.15) is 29.0 Å². The van der Waals surface area contributed by atoms with Crippen molar-refractivity contribution in [1.29, 1.82) is 0 Å². The third-order valence-electron chi connectivity index (χ3n) is 6.78. The van der Waals surface area contributed by atoms with Gasteiger partial charge in [-0.05, 0) is 36.2 Å². The lowest BCUT2D eigenvalue weighted by Gasteiger charge is -2.30. The molecule has 1 unspecified atom stereocenters. The summed E-state index contributed by atoms with van der Waals surface area (Å²) in [5, 5.41) is 1.63. The van der Waals surface area contributed by atoms with Crippen LogP contribution in [0.15, 0.2) is 82.0 Å². The van der Waals surface area contributed by atoms with Gasteiger partial charge in [-0.15, -0.1) is 0 Å². The Morgan fingerprint density at radius 1 is 0.944 bits per heavy atom. The van der Waals surface area contributed by atoms with Gasteiger partial charge in [0.05, 0.1) is 17.3 Å². The van der Waals surface area contributed by atoms with E-state index in [1.54, 1.807) is 0 Å². The summed E-state index contributed by atoms with van der Waals surface area (Å²) < 4.78 is 11.5. The van der Waals surface area contributed by atoms with Crippen molar-refractivity contribution in [3.05, 3.63) is 99.9 Å². The molecule has 2 aromatic heterocycles. The molecule has 0 fully saturated rings. The number of pyridine rings is 1. The van der Waals surface area contributed by atoms with Crippen molar-refractivity contribution in [3.8, 4) is 16.9 Å². The summed E-state index contributed by atoms with van der Waals surface area (Å²) in [5.41, 5.74) is 5.12. The Hall–Kier alpha value is -4.45. The first-order valence-corrected chi connectivity index (χ1v) is 11.8. The summed E-state index contributed by atoms with van der Waals surface area (Å²) >= 11 is 0. The number of para-hydroxylation sites is 1. The number of aromatic nitrogens is 1. The molecule has 6 rings (SSSR count). The molecule has 1 aliphatic heterocycles. The molecular formula is C30H24N2O4. The SMILES string of the molecule is Cc1cc2oc(=O)cc(-c3ccccc3)c2c2c1C(c1cc3ccccc3nc1N(C)C)CC(=O)O2. The summed E-state index contributed by atoms with van der Waals surface area (Å²) in [6, 6.07) is 23.0. The predicted octanol–water partition coefficient (Wildman–Crippen LogP) is 5.82. The lowest BCUT2D eigenvalue weighted by molar-refractivity contribution is -0.135. The maximum atomic E-state index is 13.1. The van der Waals surface area contributed by atoms with Crippen LogP contribution in [0.25, 0.3) is 33.0 Å². The van der Waals surface area contributed by atoms with Gasteiger partial charge in [0.1, 0.15) is 17.2 Å². The van der Waals surface area contributed by atoms with Crippen molar-refractivity contribution in [2.24, 2.45) is 0 Å². The second-order valence-electron chi connectivity index (χ2n) is 9.37. The molecule has 1 aliphatic rings. The van der Waals surface area contributed by atoms with Crippen LogP contribution in [0.2, 0.25) is 0 Å². The molecule has 6 heteroatoms. The van der Waals surface area contributed by atoms with E-state index in [9.17, 15) is 9.59 Å². The molecule has 5 aromatic rings. The summed E-state index contributed by atoms with van der Waals surface area (Å²) in [5.74, 6) is 0.659. The van der Waals surface area contributed by atoms with Gasteiger partial charge >= 0.3 is 11.6 Å². The van der Waals surface area contributed by atoms with Crippen LogP contribution in [0, 0.1) is 6.92 Å². The molecule has 0 spiro atoms. The molecule has 36 heavy (non-hydrogen) atoms. The van der Waals surface area contributed by atoms with E-state index in [0.29, 0.717) is 22.3 Å². The number of fused-ring (bicyclic) bond motifs is 4. The highest BCUT2D eigenvalue weighted by atomic mass is 16.5. The Balaban J connectivity index is 1.69. The molecule has 0 radical (unpaired) electrons. The number of hydrogen-bond donors (Lipinski definition) is 0. The van der Waals surface area contributed by atoms with E-state index in [1.807, 2.05) is 86.6 Å². The maximum Gasteiger partial charge on any atom is 0.336 e. The van der Waals surface area contributed by atoms with Crippen molar-refractivity contribution < 1.29 is 13.9 Å². The average Bonchev–Trinajstić information content (AvgIpc) is 2.87. The van der Waals surface area contributed by atoms with Gasteiger partial charge in [0.2, 0.25) is 0 Å². The summed E-state index contributed by atoms with van der Waals surface area (Å²) in [7, 11) is 3.91. The van der Waals surface area contributed by atoms with Gasteiger partial charge in [-0.3, -0.25) is 4.79 Å². The molecule has 1 atom stereocenters. The van der Waals surface area contributed by atoms with E-state index in [2.05, 4.69) is 6.07 Å². The highest BCUT2D eigenvalue weighted by Crippen LogP contribution is 2.48. The molecule has 0 saturated carbocycles. The Morgan fingerprint density at radius 3 is 2.47 bits per heavy atom. The zero-order chi connectivity index (χ0) is 25.0. The monoisotopic (exact) mass is 476 g/mol.